The van der Waals surface area contributed by atoms with Crippen molar-refractivity contribution in [3.8, 4) is 0 Å². The Hall–Kier alpha value is -0.620. The summed E-state index contributed by atoms with van der Waals surface area (Å²) in [5.41, 5.74) is 0. The van der Waals surface area contributed by atoms with Gasteiger partial charge < -0.3 is 0 Å². The van der Waals surface area contributed by atoms with E-state index < -0.39 is 9.84 Å². The number of hydrogen-bond acceptors (Lipinski definition) is 4. The van der Waals surface area contributed by atoms with E-state index in [2.05, 4.69) is 10.2 Å². The summed E-state index contributed by atoms with van der Waals surface area (Å²) in [4.78, 5) is 0. The molecule has 0 bridgehead atoms. The van der Waals surface area contributed by atoms with Gasteiger partial charge in [-0.3, -0.25) is 4.57 Å². The van der Waals surface area contributed by atoms with Crippen molar-refractivity contribution in [2.45, 2.75) is 37.6 Å². The van der Waals surface area contributed by atoms with E-state index in [0.717, 1.165) is 18.7 Å². The van der Waals surface area contributed by atoms with Gasteiger partial charge in [0.05, 0.1) is 11.5 Å². The van der Waals surface area contributed by atoms with Crippen LogP contribution in [-0.4, -0.2) is 34.7 Å². The molecule has 2 heterocycles. The zero-order chi connectivity index (χ0) is 12.0. The van der Waals surface area contributed by atoms with Gasteiger partial charge in [0.15, 0.2) is 0 Å². The standard InChI is InChI=1S/C10H14ClN3O2S/c11-10-13-12-9(7-1-2-7)14(10)8-3-5-17(15,16)6-4-8/h7-8H,1-6H2. The first-order valence-electron chi connectivity index (χ1n) is 5.87. The second kappa shape index (κ2) is 3.95. The summed E-state index contributed by atoms with van der Waals surface area (Å²) in [5.74, 6) is 1.92. The predicted molar refractivity (Wildman–Crippen MR) is 63.9 cm³/mol. The van der Waals surface area contributed by atoms with Gasteiger partial charge >= 0.3 is 0 Å². The summed E-state index contributed by atoms with van der Waals surface area (Å²) in [7, 11) is -2.83. The molecule has 0 unspecified atom stereocenters. The number of nitrogens with zero attached hydrogens (tertiary/aromatic N) is 3. The number of sulfone groups is 1. The van der Waals surface area contributed by atoms with Gasteiger partial charge in [0.25, 0.3) is 0 Å². The zero-order valence-corrected chi connectivity index (χ0v) is 10.9. The molecule has 1 aliphatic heterocycles. The smallest absolute Gasteiger partial charge is 0.225 e. The normalized spacial score (nSPS) is 25.0. The highest BCUT2D eigenvalue weighted by molar-refractivity contribution is 7.91. The average molecular weight is 276 g/mol. The number of hydrogen-bond donors (Lipinski definition) is 0. The molecule has 2 aliphatic rings. The number of rotatable bonds is 2. The molecule has 0 N–H and O–H groups in total. The third-order valence-electron chi connectivity index (χ3n) is 3.51. The van der Waals surface area contributed by atoms with E-state index in [1.165, 1.54) is 0 Å². The zero-order valence-electron chi connectivity index (χ0n) is 9.34. The Labute approximate surface area is 105 Å². The van der Waals surface area contributed by atoms with E-state index in [4.69, 9.17) is 11.6 Å². The highest BCUT2D eigenvalue weighted by atomic mass is 35.5. The van der Waals surface area contributed by atoms with Crippen LogP contribution in [0.4, 0.5) is 0 Å². The molecule has 17 heavy (non-hydrogen) atoms. The molecule has 3 rings (SSSR count). The lowest BCUT2D eigenvalue weighted by Crippen LogP contribution is -2.26. The molecule has 94 valence electrons. The third-order valence-corrected chi connectivity index (χ3v) is 5.49. The molecule has 5 nitrogen and oxygen atoms in total. The van der Waals surface area contributed by atoms with Gasteiger partial charge in [-0.25, -0.2) is 8.42 Å². The fourth-order valence-corrected chi connectivity index (χ4v) is 4.11. The second-order valence-corrected chi connectivity index (χ2v) is 7.50. The Balaban J connectivity index is 1.87. The minimum absolute atomic E-state index is 0.150. The molecule has 0 spiro atoms. The molecule has 0 aromatic carbocycles. The van der Waals surface area contributed by atoms with Crippen LogP contribution in [-0.2, 0) is 9.84 Å². The highest BCUT2D eigenvalue weighted by Crippen LogP contribution is 2.41. The minimum atomic E-state index is -2.83. The molecule has 2 fully saturated rings. The fourth-order valence-electron chi connectivity index (χ4n) is 2.38. The van der Waals surface area contributed by atoms with E-state index in [0.29, 0.717) is 24.0 Å². The topological polar surface area (TPSA) is 64.8 Å². The number of halogens is 1. The van der Waals surface area contributed by atoms with Gasteiger partial charge in [-0.15, -0.1) is 10.2 Å². The first kappa shape index (κ1) is 11.5. The van der Waals surface area contributed by atoms with Crippen molar-refractivity contribution in [3.05, 3.63) is 11.1 Å². The summed E-state index contributed by atoms with van der Waals surface area (Å²) < 4.78 is 24.8. The Morgan fingerprint density at radius 1 is 1.12 bits per heavy atom. The largest absolute Gasteiger partial charge is 0.298 e. The van der Waals surface area contributed by atoms with Crippen molar-refractivity contribution < 1.29 is 8.42 Å². The van der Waals surface area contributed by atoms with Gasteiger partial charge in [0, 0.05) is 12.0 Å². The van der Waals surface area contributed by atoms with E-state index >= 15 is 0 Å². The molecule has 1 aromatic rings. The van der Waals surface area contributed by atoms with Gasteiger partial charge in [0.2, 0.25) is 5.28 Å². The van der Waals surface area contributed by atoms with Crippen LogP contribution in [0.5, 0.6) is 0 Å². The van der Waals surface area contributed by atoms with E-state index in [-0.39, 0.29) is 17.5 Å². The number of aromatic nitrogens is 3. The maximum Gasteiger partial charge on any atom is 0.225 e. The molecule has 7 heteroatoms. The van der Waals surface area contributed by atoms with E-state index in [9.17, 15) is 8.42 Å². The highest BCUT2D eigenvalue weighted by Gasteiger charge is 2.34. The Morgan fingerprint density at radius 3 is 2.35 bits per heavy atom. The summed E-state index contributed by atoms with van der Waals surface area (Å²) in [6.45, 7) is 0. The fraction of sp³-hybridized carbons (Fsp3) is 0.800. The van der Waals surface area contributed by atoms with E-state index in [1.54, 1.807) is 0 Å². The van der Waals surface area contributed by atoms with Crippen LogP contribution >= 0.6 is 11.6 Å². The summed E-state index contributed by atoms with van der Waals surface area (Å²) in [5, 5.41) is 8.44. The maximum absolute atomic E-state index is 11.4. The molecule has 0 atom stereocenters. The molecule has 1 saturated carbocycles. The average Bonchev–Trinajstić information content (AvgIpc) is 3.04. The molecule has 1 aromatic heterocycles. The van der Waals surface area contributed by atoms with Crippen molar-refractivity contribution in [1.29, 1.82) is 0 Å². The van der Waals surface area contributed by atoms with Crippen molar-refractivity contribution >= 4 is 21.4 Å². The van der Waals surface area contributed by atoms with Crippen molar-refractivity contribution in [2.24, 2.45) is 0 Å². The van der Waals surface area contributed by atoms with Crippen LogP contribution in [0.15, 0.2) is 0 Å². The molecule has 0 radical (unpaired) electrons. The van der Waals surface area contributed by atoms with Gasteiger partial charge in [-0.1, -0.05) is 0 Å². The van der Waals surface area contributed by atoms with Crippen LogP contribution in [0.2, 0.25) is 5.28 Å². The lowest BCUT2D eigenvalue weighted by atomic mass is 10.1. The van der Waals surface area contributed by atoms with E-state index in [1.807, 2.05) is 4.57 Å². The van der Waals surface area contributed by atoms with Gasteiger partial charge in [-0.2, -0.15) is 0 Å². The molecule has 1 aliphatic carbocycles. The SMILES string of the molecule is O=S1(=O)CCC(n2c(Cl)nnc2C2CC2)CC1. The first-order valence-corrected chi connectivity index (χ1v) is 8.07. The quantitative estimate of drug-likeness (QED) is 0.822. The Kier molecular flexibility index (Phi) is 2.66. The first-order chi connectivity index (χ1) is 8.07. The Bertz CT molecular complexity index is 522. The summed E-state index contributed by atoms with van der Waals surface area (Å²) in [6, 6.07) is 0.150. The van der Waals surface area contributed by atoms with Gasteiger partial charge in [-0.05, 0) is 37.3 Å². The molecular weight excluding hydrogens is 262 g/mol. The Morgan fingerprint density at radius 2 is 1.76 bits per heavy atom. The third kappa shape index (κ3) is 2.20. The monoisotopic (exact) mass is 275 g/mol. The molecule has 0 amide bonds. The predicted octanol–water partition coefficient (Wildman–Crippen LogP) is 1.56. The minimum Gasteiger partial charge on any atom is -0.298 e. The molecule has 1 saturated heterocycles. The van der Waals surface area contributed by atoms with Crippen LogP contribution in [0, 0.1) is 0 Å². The lowest BCUT2D eigenvalue weighted by molar-refractivity contribution is 0.436. The van der Waals surface area contributed by atoms with Gasteiger partial charge in [0.1, 0.15) is 15.7 Å². The summed E-state index contributed by atoms with van der Waals surface area (Å²) >= 11 is 6.06. The van der Waals surface area contributed by atoms with Crippen molar-refractivity contribution in [1.82, 2.24) is 14.8 Å². The van der Waals surface area contributed by atoms with Crippen molar-refractivity contribution in [3.63, 3.8) is 0 Å². The van der Waals surface area contributed by atoms with Crippen LogP contribution < -0.4 is 0 Å². The summed E-state index contributed by atoms with van der Waals surface area (Å²) in [6.07, 6.45) is 3.53. The molecular formula is C10H14ClN3O2S. The lowest BCUT2D eigenvalue weighted by Gasteiger charge is -2.24. The van der Waals surface area contributed by atoms with Crippen molar-refractivity contribution in [2.75, 3.05) is 11.5 Å². The van der Waals surface area contributed by atoms with Crippen LogP contribution in [0.3, 0.4) is 0 Å². The van der Waals surface area contributed by atoms with Crippen LogP contribution in [0.1, 0.15) is 43.5 Å². The van der Waals surface area contributed by atoms with Crippen LogP contribution in [0.25, 0.3) is 0 Å². The maximum atomic E-state index is 11.4. The second-order valence-electron chi connectivity index (χ2n) is 4.85.